The van der Waals surface area contributed by atoms with E-state index in [0.29, 0.717) is 5.56 Å². The van der Waals surface area contributed by atoms with Crippen molar-refractivity contribution in [2.24, 2.45) is 5.73 Å². The van der Waals surface area contributed by atoms with Crippen molar-refractivity contribution in [1.82, 2.24) is 10.3 Å². The lowest BCUT2D eigenvalue weighted by Crippen LogP contribution is -2.31. The number of aromatic nitrogens is 1. The van der Waals surface area contributed by atoms with Crippen LogP contribution in [0.2, 0.25) is 0 Å². The van der Waals surface area contributed by atoms with Crippen LogP contribution in [-0.4, -0.2) is 37.1 Å². The van der Waals surface area contributed by atoms with Crippen molar-refractivity contribution in [2.45, 2.75) is 13.3 Å². The van der Waals surface area contributed by atoms with Crippen LogP contribution in [0, 0.1) is 6.92 Å². The molecule has 2 rings (SSSR count). The number of nitrogens with zero attached hydrogens (tertiary/aromatic N) is 2. The number of rotatable bonds is 2. The summed E-state index contributed by atoms with van der Waals surface area (Å²) in [6.45, 7) is 5.57. The normalized spacial score (nSPS) is 16.6. The van der Waals surface area contributed by atoms with Crippen molar-refractivity contribution in [3.63, 3.8) is 0 Å². The van der Waals surface area contributed by atoms with Crippen molar-refractivity contribution in [2.75, 3.05) is 31.1 Å². The van der Waals surface area contributed by atoms with Gasteiger partial charge in [0.25, 0.3) is 5.91 Å². The van der Waals surface area contributed by atoms with Crippen LogP contribution in [0.25, 0.3) is 0 Å². The number of nitrogens with one attached hydrogen (secondary N) is 1. The molecule has 1 aliphatic rings. The maximum absolute atomic E-state index is 11.5. The summed E-state index contributed by atoms with van der Waals surface area (Å²) < 4.78 is 0. The summed E-state index contributed by atoms with van der Waals surface area (Å²) in [5, 5.41) is 3.32. The third-order valence-electron chi connectivity index (χ3n) is 3.03. The first-order valence-electron chi connectivity index (χ1n) is 5.91. The van der Waals surface area contributed by atoms with Crippen LogP contribution in [0.5, 0.6) is 0 Å². The van der Waals surface area contributed by atoms with Crippen LogP contribution in [0.3, 0.4) is 0 Å². The minimum atomic E-state index is -0.400. The van der Waals surface area contributed by atoms with Gasteiger partial charge in [0.1, 0.15) is 5.82 Å². The molecule has 0 unspecified atom stereocenters. The van der Waals surface area contributed by atoms with E-state index < -0.39 is 5.91 Å². The average Bonchev–Trinajstić information content (AvgIpc) is 2.56. The average molecular weight is 234 g/mol. The molecule has 17 heavy (non-hydrogen) atoms. The van der Waals surface area contributed by atoms with Crippen LogP contribution >= 0.6 is 0 Å². The summed E-state index contributed by atoms with van der Waals surface area (Å²) in [4.78, 5) is 18.0. The molecule has 3 N–H and O–H groups in total. The Hall–Kier alpha value is -1.62. The van der Waals surface area contributed by atoms with Gasteiger partial charge in [-0.1, -0.05) is 0 Å². The van der Waals surface area contributed by atoms with E-state index in [1.807, 2.05) is 13.0 Å². The van der Waals surface area contributed by atoms with Crippen LogP contribution in [-0.2, 0) is 0 Å². The number of anilines is 1. The van der Waals surface area contributed by atoms with Gasteiger partial charge in [0.2, 0.25) is 0 Å². The lowest BCUT2D eigenvalue weighted by Gasteiger charge is -2.23. The van der Waals surface area contributed by atoms with Gasteiger partial charge < -0.3 is 16.0 Å². The number of pyridine rings is 1. The number of primary amides is 1. The van der Waals surface area contributed by atoms with E-state index in [1.165, 1.54) is 0 Å². The first-order chi connectivity index (χ1) is 8.20. The molecule has 0 radical (unpaired) electrons. The second kappa shape index (κ2) is 5.14. The van der Waals surface area contributed by atoms with Crippen LogP contribution in [0.4, 0.5) is 5.82 Å². The highest BCUT2D eigenvalue weighted by atomic mass is 16.1. The number of nitrogens with two attached hydrogens (primary N) is 1. The second-order valence-corrected chi connectivity index (χ2v) is 4.28. The fourth-order valence-corrected chi connectivity index (χ4v) is 2.15. The number of carbonyl (C=O) groups excluding carboxylic acids is 1. The van der Waals surface area contributed by atoms with E-state index in [0.717, 1.165) is 44.0 Å². The molecule has 0 saturated carbocycles. The molecule has 1 amide bonds. The first kappa shape index (κ1) is 11.9. The largest absolute Gasteiger partial charge is 0.365 e. The van der Waals surface area contributed by atoms with Gasteiger partial charge in [-0.05, 0) is 31.5 Å². The molecule has 0 bridgehead atoms. The van der Waals surface area contributed by atoms with Crippen LogP contribution < -0.4 is 16.0 Å². The van der Waals surface area contributed by atoms with E-state index in [9.17, 15) is 4.79 Å². The highest BCUT2D eigenvalue weighted by Crippen LogP contribution is 2.20. The van der Waals surface area contributed by atoms with Crippen molar-refractivity contribution >= 4 is 11.7 Å². The van der Waals surface area contributed by atoms with Gasteiger partial charge in [0, 0.05) is 25.8 Å². The Bertz CT molecular complexity index is 411. The number of carbonyl (C=O) groups is 1. The van der Waals surface area contributed by atoms with Crippen molar-refractivity contribution in [3.8, 4) is 0 Å². The molecule has 0 spiro atoms. The zero-order chi connectivity index (χ0) is 12.3. The van der Waals surface area contributed by atoms with Crippen LogP contribution in [0.1, 0.15) is 22.3 Å². The van der Waals surface area contributed by atoms with Gasteiger partial charge in [-0.25, -0.2) is 4.98 Å². The summed E-state index contributed by atoms with van der Waals surface area (Å²) >= 11 is 0. The van der Waals surface area contributed by atoms with E-state index >= 15 is 0 Å². The molecule has 1 saturated heterocycles. The third-order valence-corrected chi connectivity index (χ3v) is 3.03. The third kappa shape index (κ3) is 2.55. The number of amides is 1. The van der Waals surface area contributed by atoms with E-state index in [4.69, 9.17) is 5.73 Å². The predicted octanol–water partition coefficient (Wildman–Crippen LogP) is 0.289. The number of aryl methyl sites for hydroxylation is 1. The van der Waals surface area contributed by atoms with E-state index in [-0.39, 0.29) is 0 Å². The standard InChI is InChI=1S/C12H18N4O/c1-9-3-5-15-12(10(9)11(13)17)16-7-2-4-14-6-8-16/h3,5,14H,2,4,6-8H2,1H3,(H2,13,17). The molecule has 1 aromatic rings. The Balaban J connectivity index is 2.36. The molecule has 0 aliphatic carbocycles. The predicted molar refractivity (Wildman–Crippen MR) is 67.2 cm³/mol. The minimum absolute atomic E-state index is 0.400. The van der Waals surface area contributed by atoms with Crippen LogP contribution in [0.15, 0.2) is 12.3 Å². The molecule has 1 aliphatic heterocycles. The summed E-state index contributed by atoms with van der Waals surface area (Å²) in [7, 11) is 0. The topological polar surface area (TPSA) is 71.2 Å². The smallest absolute Gasteiger partial charge is 0.252 e. The number of hydrogen-bond acceptors (Lipinski definition) is 4. The molecular weight excluding hydrogens is 216 g/mol. The van der Waals surface area contributed by atoms with E-state index in [1.54, 1.807) is 6.20 Å². The summed E-state index contributed by atoms with van der Waals surface area (Å²) in [5.41, 5.74) is 6.88. The first-order valence-corrected chi connectivity index (χ1v) is 5.91. The lowest BCUT2D eigenvalue weighted by molar-refractivity contribution is 0.1000. The molecule has 5 nitrogen and oxygen atoms in total. The molecule has 1 fully saturated rings. The van der Waals surface area contributed by atoms with Crippen molar-refractivity contribution in [3.05, 3.63) is 23.4 Å². The molecule has 92 valence electrons. The summed E-state index contributed by atoms with van der Waals surface area (Å²) in [6.07, 6.45) is 2.78. The lowest BCUT2D eigenvalue weighted by atomic mass is 10.1. The monoisotopic (exact) mass is 234 g/mol. The summed E-state index contributed by atoms with van der Waals surface area (Å²) in [5.74, 6) is 0.323. The fourth-order valence-electron chi connectivity index (χ4n) is 2.15. The molecular formula is C12H18N4O. The fraction of sp³-hybridized carbons (Fsp3) is 0.500. The Labute approximate surface area is 101 Å². The molecule has 5 heteroatoms. The zero-order valence-electron chi connectivity index (χ0n) is 10.1. The Morgan fingerprint density at radius 3 is 3.06 bits per heavy atom. The van der Waals surface area contributed by atoms with Gasteiger partial charge in [0.05, 0.1) is 5.56 Å². The summed E-state index contributed by atoms with van der Waals surface area (Å²) in [6, 6.07) is 1.82. The Morgan fingerprint density at radius 1 is 1.47 bits per heavy atom. The van der Waals surface area contributed by atoms with Gasteiger partial charge in [0.15, 0.2) is 0 Å². The van der Waals surface area contributed by atoms with Gasteiger partial charge in [-0.3, -0.25) is 4.79 Å². The molecule has 2 heterocycles. The van der Waals surface area contributed by atoms with E-state index in [2.05, 4.69) is 15.2 Å². The number of hydrogen-bond donors (Lipinski definition) is 2. The van der Waals surface area contributed by atoms with Gasteiger partial charge in [-0.2, -0.15) is 0 Å². The highest BCUT2D eigenvalue weighted by molar-refractivity contribution is 5.99. The second-order valence-electron chi connectivity index (χ2n) is 4.28. The SMILES string of the molecule is Cc1ccnc(N2CCCNCC2)c1C(N)=O. The maximum atomic E-state index is 11.5. The van der Waals surface area contributed by atoms with Gasteiger partial charge in [-0.15, -0.1) is 0 Å². The zero-order valence-corrected chi connectivity index (χ0v) is 10.1. The Kier molecular flexibility index (Phi) is 3.58. The maximum Gasteiger partial charge on any atom is 0.252 e. The highest BCUT2D eigenvalue weighted by Gasteiger charge is 2.19. The minimum Gasteiger partial charge on any atom is -0.365 e. The molecule has 0 aromatic carbocycles. The van der Waals surface area contributed by atoms with Crippen molar-refractivity contribution < 1.29 is 4.79 Å². The Morgan fingerprint density at radius 2 is 2.29 bits per heavy atom. The van der Waals surface area contributed by atoms with Gasteiger partial charge >= 0.3 is 0 Å². The quantitative estimate of drug-likeness (QED) is 0.771. The molecule has 1 aromatic heterocycles. The molecule has 0 atom stereocenters. The van der Waals surface area contributed by atoms with Crippen molar-refractivity contribution in [1.29, 1.82) is 0 Å².